The van der Waals surface area contributed by atoms with Crippen molar-refractivity contribution in [3.8, 4) is 0 Å². The van der Waals surface area contributed by atoms with Gasteiger partial charge in [-0.05, 0) is 61.7 Å². The third-order valence-electron chi connectivity index (χ3n) is 4.10. The van der Waals surface area contributed by atoms with Crippen molar-refractivity contribution in [2.45, 2.75) is 39.0 Å². The normalized spacial score (nSPS) is 26.3. The Morgan fingerprint density at radius 1 is 1.39 bits per heavy atom. The van der Waals surface area contributed by atoms with Crippen LogP contribution in [-0.4, -0.2) is 4.98 Å². The van der Waals surface area contributed by atoms with Crippen LogP contribution in [0.1, 0.15) is 35.2 Å². The van der Waals surface area contributed by atoms with E-state index in [-0.39, 0.29) is 0 Å². The Balaban J connectivity index is 1.76. The van der Waals surface area contributed by atoms with Crippen LogP contribution in [0.2, 0.25) is 0 Å². The SMILES string of the molecule is Cc1cc(C)nc(C[C@@H]2C[C@@]2(C)c2cccs2)c1. The molecule has 1 aliphatic rings. The highest BCUT2D eigenvalue weighted by molar-refractivity contribution is 7.10. The highest BCUT2D eigenvalue weighted by Crippen LogP contribution is 2.56. The van der Waals surface area contributed by atoms with Crippen LogP contribution < -0.4 is 0 Å². The first kappa shape index (κ1) is 11.9. The average Bonchev–Trinajstić information content (AvgIpc) is 2.78. The minimum Gasteiger partial charge on any atom is -0.258 e. The van der Waals surface area contributed by atoms with Gasteiger partial charge in [0.05, 0.1) is 0 Å². The summed E-state index contributed by atoms with van der Waals surface area (Å²) in [4.78, 5) is 6.20. The van der Waals surface area contributed by atoms with Gasteiger partial charge in [0, 0.05) is 21.7 Å². The molecule has 1 aliphatic carbocycles. The number of pyridine rings is 1. The van der Waals surface area contributed by atoms with Gasteiger partial charge < -0.3 is 0 Å². The van der Waals surface area contributed by atoms with Crippen molar-refractivity contribution in [3.63, 3.8) is 0 Å². The van der Waals surface area contributed by atoms with E-state index in [0.29, 0.717) is 5.41 Å². The summed E-state index contributed by atoms with van der Waals surface area (Å²) >= 11 is 1.89. The minimum absolute atomic E-state index is 0.410. The zero-order valence-electron chi connectivity index (χ0n) is 11.2. The molecular formula is C16H19NS. The summed E-state index contributed by atoms with van der Waals surface area (Å²) in [7, 11) is 0. The maximum atomic E-state index is 4.66. The number of hydrogen-bond donors (Lipinski definition) is 0. The number of rotatable bonds is 3. The molecule has 2 heteroatoms. The van der Waals surface area contributed by atoms with Crippen LogP contribution in [0.4, 0.5) is 0 Å². The summed E-state index contributed by atoms with van der Waals surface area (Å²) in [6.07, 6.45) is 2.43. The van der Waals surface area contributed by atoms with Gasteiger partial charge in [-0.2, -0.15) is 0 Å². The van der Waals surface area contributed by atoms with E-state index in [0.717, 1.165) is 18.0 Å². The van der Waals surface area contributed by atoms with Gasteiger partial charge in [-0.1, -0.05) is 13.0 Å². The number of nitrogens with zero attached hydrogens (tertiary/aromatic N) is 1. The third-order valence-corrected chi connectivity index (χ3v) is 5.25. The molecule has 1 fully saturated rings. The second kappa shape index (κ2) is 4.20. The molecule has 94 valence electrons. The molecular weight excluding hydrogens is 238 g/mol. The highest BCUT2D eigenvalue weighted by Gasteiger charge is 2.51. The second-order valence-electron chi connectivity index (χ2n) is 5.78. The standard InChI is InChI=1S/C16H19NS/c1-11-7-12(2)17-14(8-11)9-13-10-16(13,3)15-5-4-6-18-15/h4-8,13H,9-10H2,1-3H3/t13-,16-/m1/s1. The molecule has 0 radical (unpaired) electrons. The molecule has 0 saturated heterocycles. The quantitative estimate of drug-likeness (QED) is 0.799. The number of aromatic nitrogens is 1. The molecule has 2 heterocycles. The van der Waals surface area contributed by atoms with E-state index < -0.39 is 0 Å². The summed E-state index contributed by atoms with van der Waals surface area (Å²) in [6.45, 7) is 6.64. The Morgan fingerprint density at radius 3 is 2.89 bits per heavy atom. The lowest BCUT2D eigenvalue weighted by Gasteiger charge is -2.09. The predicted octanol–water partition coefficient (Wildman–Crippen LogP) is 4.28. The Morgan fingerprint density at radius 2 is 2.22 bits per heavy atom. The van der Waals surface area contributed by atoms with Crippen molar-refractivity contribution in [3.05, 3.63) is 51.5 Å². The second-order valence-corrected chi connectivity index (χ2v) is 6.72. The van der Waals surface area contributed by atoms with Crippen LogP contribution >= 0.6 is 11.3 Å². The predicted molar refractivity (Wildman–Crippen MR) is 77.2 cm³/mol. The van der Waals surface area contributed by atoms with Gasteiger partial charge in [0.15, 0.2) is 0 Å². The maximum Gasteiger partial charge on any atom is 0.0412 e. The fourth-order valence-corrected chi connectivity index (χ4v) is 3.92. The maximum absolute atomic E-state index is 4.66. The van der Waals surface area contributed by atoms with Crippen molar-refractivity contribution >= 4 is 11.3 Å². The first-order valence-corrected chi connectivity index (χ1v) is 7.44. The molecule has 2 aromatic heterocycles. The van der Waals surface area contributed by atoms with Crippen LogP contribution in [0.15, 0.2) is 29.6 Å². The molecule has 0 spiro atoms. The molecule has 1 nitrogen and oxygen atoms in total. The summed E-state index contributed by atoms with van der Waals surface area (Å²) in [6, 6.07) is 8.82. The van der Waals surface area contributed by atoms with Crippen molar-refractivity contribution in [2.75, 3.05) is 0 Å². The number of aryl methyl sites for hydroxylation is 2. The van der Waals surface area contributed by atoms with E-state index in [1.807, 2.05) is 11.3 Å². The van der Waals surface area contributed by atoms with Gasteiger partial charge >= 0.3 is 0 Å². The van der Waals surface area contributed by atoms with Crippen molar-refractivity contribution in [1.29, 1.82) is 0 Å². The number of hydrogen-bond acceptors (Lipinski definition) is 2. The van der Waals surface area contributed by atoms with E-state index in [2.05, 4.69) is 55.4 Å². The molecule has 0 aromatic carbocycles. The first-order chi connectivity index (χ1) is 8.58. The van der Waals surface area contributed by atoms with Crippen molar-refractivity contribution in [1.82, 2.24) is 4.98 Å². The van der Waals surface area contributed by atoms with Crippen LogP contribution in [0.25, 0.3) is 0 Å². The first-order valence-electron chi connectivity index (χ1n) is 6.56. The topological polar surface area (TPSA) is 12.9 Å². The highest BCUT2D eigenvalue weighted by atomic mass is 32.1. The molecule has 2 atom stereocenters. The summed E-state index contributed by atoms with van der Waals surface area (Å²) in [5, 5.41) is 2.19. The summed E-state index contributed by atoms with van der Waals surface area (Å²) in [5.41, 5.74) is 4.14. The lowest BCUT2D eigenvalue weighted by Crippen LogP contribution is -2.05. The van der Waals surface area contributed by atoms with Gasteiger partial charge in [-0.25, -0.2) is 0 Å². The van der Waals surface area contributed by atoms with E-state index in [9.17, 15) is 0 Å². The molecule has 0 unspecified atom stereocenters. The van der Waals surface area contributed by atoms with Gasteiger partial charge in [0.25, 0.3) is 0 Å². The fourth-order valence-electron chi connectivity index (χ4n) is 2.94. The van der Waals surface area contributed by atoms with Crippen LogP contribution in [-0.2, 0) is 11.8 Å². The van der Waals surface area contributed by atoms with Gasteiger partial charge in [-0.15, -0.1) is 11.3 Å². The molecule has 2 aromatic rings. The fraction of sp³-hybridized carbons (Fsp3) is 0.438. The lowest BCUT2D eigenvalue weighted by atomic mass is 10.0. The molecule has 1 saturated carbocycles. The largest absolute Gasteiger partial charge is 0.258 e. The van der Waals surface area contributed by atoms with Crippen LogP contribution in [0, 0.1) is 19.8 Å². The van der Waals surface area contributed by atoms with Gasteiger partial charge in [0.2, 0.25) is 0 Å². The molecule has 18 heavy (non-hydrogen) atoms. The molecule has 0 aliphatic heterocycles. The van der Waals surface area contributed by atoms with Crippen LogP contribution in [0.3, 0.4) is 0 Å². The Hall–Kier alpha value is -1.15. The monoisotopic (exact) mass is 257 g/mol. The summed E-state index contributed by atoms with van der Waals surface area (Å²) in [5.74, 6) is 0.768. The zero-order chi connectivity index (χ0) is 12.8. The molecule has 3 rings (SSSR count). The smallest absolute Gasteiger partial charge is 0.0412 e. The third kappa shape index (κ3) is 2.10. The van der Waals surface area contributed by atoms with E-state index in [1.165, 1.54) is 22.6 Å². The van der Waals surface area contributed by atoms with Crippen molar-refractivity contribution in [2.24, 2.45) is 5.92 Å². The van der Waals surface area contributed by atoms with Gasteiger partial charge in [-0.3, -0.25) is 4.98 Å². The van der Waals surface area contributed by atoms with E-state index in [4.69, 9.17) is 0 Å². The molecule has 0 amide bonds. The number of thiophene rings is 1. The summed E-state index contributed by atoms with van der Waals surface area (Å²) < 4.78 is 0. The van der Waals surface area contributed by atoms with Crippen molar-refractivity contribution < 1.29 is 0 Å². The molecule has 0 N–H and O–H groups in total. The average molecular weight is 257 g/mol. The molecule has 0 bridgehead atoms. The van der Waals surface area contributed by atoms with Gasteiger partial charge in [0.1, 0.15) is 0 Å². The van der Waals surface area contributed by atoms with E-state index >= 15 is 0 Å². The lowest BCUT2D eigenvalue weighted by molar-refractivity contribution is 0.657. The minimum atomic E-state index is 0.410. The van der Waals surface area contributed by atoms with E-state index in [1.54, 1.807) is 0 Å². The van der Waals surface area contributed by atoms with Crippen LogP contribution in [0.5, 0.6) is 0 Å². The zero-order valence-corrected chi connectivity index (χ0v) is 12.1. The Labute approximate surface area is 113 Å². The Kier molecular flexibility index (Phi) is 2.78. The Bertz CT molecular complexity index is 538.